The molecule has 0 spiro atoms. The SMILES string of the molecule is C=Cc1ccc(NC(=O)C2CCC(CC3=CCc4c(Br)cc(CC(O)CCC/C(C)=C\C)cc4C3=O)CC2)cc1OC. The standard InChI is InChI=1S/C36H44BrNO4/c1-5-23(3)8-7-9-30(39)19-25-20-32-31(33(37)21-25)17-15-28(35(32)40)18-24-10-12-27(13-11-24)36(41)38-29-16-14-26(6-2)34(22-29)42-4/h5-6,14-16,20-22,24,27,30,39H,2,7-13,17-19H2,1,3-4H3,(H,38,41)/b23-5-. The van der Waals surface area contributed by atoms with Crippen molar-refractivity contribution in [1.29, 1.82) is 0 Å². The second kappa shape index (κ2) is 15.0. The summed E-state index contributed by atoms with van der Waals surface area (Å²) in [7, 11) is 1.61. The number of aliphatic hydroxyl groups is 1. The topological polar surface area (TPSA) is 75.6 Å². The number of methoxy groups -OCH3 is 1. The van der Waals surface area contributed by atoms with Crippen LogP contribution in [0, 0.1) is 11.8 Å². The predicted octanol–water partition coefficient (Wildman–Crippen LogP) is 8.64. The molecule has 42 heavy (non-hydrogen) atoms. The van der Waals surface area contributed by atoms with Crippen molar-refractivity contribution in [3.63, 3.8) is 0 Å². The number of nitrogens with one attached hydrogen (secondary N) is 1. The lowest BCUT2D eigenvalue weighted by molar-refractivity contribution is -0.121. The van der Waals surface area contributed by atoms with Crippen LogP contribution < -0.4 is 10.1 Å². The Labute approximate surface area is 259 Å². The number of ketones is 1. The lowest BCUT2D eigenvalue weighted by Crippen LogP contribution is -2.28. The van der Waals surface area contributed by atoms with Crippen LogP contribution in [0.3, 0.4) is 0 Å². The number of hydrogen-bond donors (Lipinski definition) is 2. The molecule has 1 amide bonds. The quantitative estimate of drug-likeness (QED) is 0.229. The van der Waals surface area contributed by atoms with Crippen LogP contribution in [0.1, 0.15) is 92.3 Å². The minimum absolute atomic E-state index is 0.0325. The number of rotatable bonds is 12. The van der Waals surface area contributed by atoms with Crippen LogP contribution in [0.4, 0.5) is 5.69 Å². The van der Waals surface area contributed by atoms with E-state index in [1.54, 1.807) is 13.2 Å². The molecule has 0 radical (unpaired) electrons. The first kappa shape index (κ1) is 32.0. The lowest BCUT2D eigenvalue weighted by Gasteiger charge is -2.29. The van der Waals surface area contributed by atoms with Gasteiger partial charge >= 0.3 is 0 Å². The van der Waals surface area contributed by atoms with E-state index in [1.807, 2.05) is 31.2 Å². The monoisotopic (exact) mass is 633 g/mol. The highest BCUT2D eigenvalue weighted by Gasteiger charge is 2.30. The minimum Gasteiger partial charge on any atom is -0.496 e. The highest BCUT2D eigenvalue weighted by atomic mass is 79.9. The van der Waals surface area contributed by atoms with E-state index in [-0.39, 0.29) is 17.6 Å². The number of halogens is 1. The van der Waals surface area contributed by atoms with Gasteiger partial charge in [-0.2, -0.15) is 0 Å². The maximum Gasteiger partial charge on any atom is 0.227 e. The van der Waals surface area contributed by atoms with Gasteiger partial charge in [-0.3, -0.25) is 9.59 Å². The van der Waals surface area contributed by atoms with E-state index >= 15 is 0 Å². The molecule has 0 bridgehead atoms. The highest BCUT2D eigenvalue weighted by Crippen LogP contribution is 2.37. The summed E-state index contributed by atoms with van der Waals surface area (Å²) < 4.78 is 6.35. The fourth-order valence-corrected chi connectivity index (χ4v) is 6.83. The van der Waals surface area contributed by atoms with Crippen molar-refractivity contribution in [2.75, 3.05) is 12.4 Å². The average molecular weight is 635 g/mol. The molecule has 6 heteroatoms. The number of hydrogen-bond acceptors (Lipinski definition) is 4. The Kier molecular flexibility index (Phi) is 11.4. The summed E-state index contributed by atoms with van der Waals surface area (Å²) in [5.74, 6) is 1.19. The van der Waals surface area contributed by atoms with E-state index in [4.69, 9.17) is 4.74 Å². The summed E-state index contributed by atoms with van der Waals surface area (Å²) in [5.41, 5.74) is 6.63. The first-order valence-electron chi connectivity index (χ1n) is 15.2. The molecule has 0 aliphatic heterocycles. The lowest BCUT2D eigenvalue weighted by atomic mass is 9.76. The molecule has 1 saturated carbocycles. The first-order chi connectivity index (χ1) is 20.2. The van der Waals surface area contributed by atoms with Gasteiger partial charge in [0.25, 0.3) is 0 Å². The second-order valence-electron chi connectivity index (χ2n) is 11.8. The fraction of sp³-hybridized carbons (Fsp3) is 0.444. The Bertz CT molecular complexity index is 1370. The zero-order valence-electron chi connectivity index (χ0n) is 25.2. The Morgan fingerprint density at radius 2 is 1.98 bits per heavy atom. The molecule has 0 saturated heterocycles. The molecule has 2 N–H and O–H groups in total. The molecule has 2 aromatic rings. The van der Waals surface area contributed by atoms with Gasteiger partial charge in [-0.05, 0) is 125 Å². The van der Waals surface area contributed by atoms with Gasteiger partial charge in [-0.1, -0.05) is 46.3 Å². The minimum atomic E-state index is -0.422. The van der Waals surface area contributed by atoms with Gasteiger partial charge in [0, 0.05) is 33.3 Å². The van der Waals surface area contributed by atoms with Crippen molar-refractivity contribution >= 4 is 39.4 Å². The van der Waals surface area contributed by atoms with E-state index in [2.05, 4.69) is 53.0 Å². The van der Waals surface area contributed by atoms with Crippen LogP contribution in [0.2, 0.25) is 0 Å². The zero-order chi connectivity index (χ0) is 30.2. The van der Waals surface area contributed by atoms with E-state index in [9.17, 15) is 14.7 Å². The molecule has 224 valence electrons. The summed E-state index contributed by atoms with van der Waals surface area (Å²) >= 11 is 3.69. The first-order valence-corrected chi connectivity index (χ1v) is 16.0. The molecule has 2 aromatic carbocycles. The van der Waals surface area contributed by atoms with Gasteiger partial charge < -0.3 is 15.2 Å². The number of benzene rings is 2. The van der Waals surface area contributed by atoms with E-state index in [1.165, 1.54) is 5.57 Å². The van der Waals surface area contributed by atoms with E-state index in [0.29, 0.717) is 18.1 Å². The third-order valence-corrected chi connectivity index (χ3v) is 9.57. The summed E-state index contributed by atoms with van der Waals surface area (Å²) in [4.78, 5) is 26.6. The van der Waals surface area contributed by atoms with Crippen LogP contribution in [0.15, 0.2) is 64.7 Å². The Hall–Kier alpha value is -2.96. The van der Waals surface area contributed by atoms with Crippen molar-refractivity contribution in [2.24, 2.45) is 11.8 Å². The van der Waals surface area contributed by atoms with Crippen LogP contribution >= 0.6 is 15.9 Å². The van der Waals surface area contributed by atoms with Crippen LogP contribution in [0.5, 0.6) is 5.75 Å². The van der Waals surface area contributed by atoms with Gasteiger partial charge in [0.15, 0.2) is 5.78 Å². The largest absolute Gasteiger partial charge is 0.496 e. The number of anilines is 1. The van der Waals surface area contributed by atoms with Gasteiger partial charge in [0.05, 0.1) is 13.2 Å². The van der Waals surface area contributed by atoms with Crippen molar-refractivity contribution in [3.05, 3.63) is 86.9 Å². The number of Topliss-reactive ketones (excluding diaryl/α,β-unsaturated/α-hetero) is 1. The summed E-state index contributed by atoms with van der Waals surface area (Å²) in [6.45, 7) is 7.96. The predicted molar refractivity (Wildman–Crippen MR) is 175 cm³/mol. The van der Waals surface area contributed by atoms with E-state index < -0.39 is 6.10 Å². The molecule has 2 aliphatic rings. The number of ether oxygens (including phenoxy) is 1. The average Bonchev–Trinajstić information content (AvgIpc) is 2.99. The number of carbonyl (C=O) groups is 2. The molecule has 2 aliphatic carbocycles. The maximum absolute atomic E-state index is 13.6. The molecular formula is C36H44BrNO4. The Balaban J connectivity index is 1.31. The fourth-order valence-electron chi connectivity index (χ4n) is 6.16. The summed E-state index contributed by atoms with van der Waals surface area (Å²) in [5, 5.41) is 13.7. The summed E-state index contributed by atoms with van der Waals surface area (Å²) in [6.07, 6.45) is 13.7. The normalized spacial score (nSPS) is 19.5. The molecule has 0 aromatic heterocycles. The maximum atomic E-state index is 13.6. The third-order valence-electron chi connectivity index (χ3n) is 8.86. The molecule has 5 nitrogen and oxygen atoms in total. The second-order valence-corrected chi connectivity index (χ2v) is 12.7. The van der Waals surface area contributed by atoms with Crippen LogP contribution in [0.25, 0.3) is 6.08 Å². The molecule has 0 heterocycles. The zero-order valence-corrected chi connectivity index (χ0v) is 26.8. The smallest absolute Gasteiger partial charge is 0.227 e. The number of amides is 1. The number of carbonyl (C=O) groups excluding carboxylic acids is 2. The van der Waals surface area contributed by atoms with Gasteiger partial charge in [0.1, 0.15) is 5.75 Å². The molecule has 1 fully saturated rings. The van der Waals surface area contributed by atoms with Gasteiger partial charge in [0.2, 0.25) is 5.91 Å². The van der Waals surface area contributed by atoms with Crippen LogP contribution in [-0.2, 0) is 17.6 Å². The number of fused-ring (bicyclic) bond motifs is 1. The Morgan fingerprint density at radius 1 is 1.21 bits per heavy atom. The molecule has 1 unspecified atom stereocenters. The molecule has 1 atom stereocenters. The van der Waals surface area contributed by atoms with Crippen molar-refractivity contribution in [2.45, 2.75) is 84.2 Å². The van der Waals surface area contributed by atoms with E-state index in [0.717, 1.165) is 95.8 Å². The van der Waals surface area contributed by atoms with Crippen molar-refractivity contribution < 1.29 is 19.4 Å². The third kappa shape index (κ3) is 8.11. The van der Waals surface area contributed by atoms with Crippen molar-refractivity contribution in [1.82, 2.24) is 0 Å². The Morgan fingerprint density at radius 3 is 2.67 bits per heavy atom. The van der Waals surface area contributed by atoms with Crippen LogP contribution in [-0.4, -0.2) is 30.0 Å². The summed E-state index contributed by atoms with van der Waals surface area (Å²) in [6, 6.07) is 9.64. The number of aliphatic hydroxyl groups excluding tert-OH is 1. The van der Waals surface area contributed by atoms with Crippen molar-refractivity contribution in [3.8, 4) is 5.75 Å². The highest BCUT2D eigenvalue weighted by molar-refractivity contribution is 9.10. The molecular weight excluding hydrogens is 590 g/mol. The molecule has 4 rings (SSSR count). The van der Waals surface area contributed by atoms with Gasteiger partial charge in [-0.25, -0.2) is 0 Å². The number of allylic oxidation sites excluding steroid dienone is 4. The van der Waals surface area contributed by atoms with Gasteiger partial charge in [-0.15, -0.1) is 0 Å².